The Kier molecular flexibility index (Phi) is 5.14. The molecule has 1 atom stereocenters. The first-order valence-electron chi connectivity index (χ1n) is 3.51. The smallest absolute Gasteiger partial charge is 0.333 e. The van der Waals surface area contributed by atoms with E-state index in [1.54, 1.807) is 0 Å². The van der Waals surface area contributed by atoms with E-state index in [4.69, 9.17) is 11.6 Å². The largest absolute Gasteiger partial charge is 0.468 e. The molecule has 0 saturated heterocycles. The third-order valence-corrected chi connectivity index (χ3v) is 1.69. The SMILES string of the molecule is C=C(CC(Cl)C(=O)OC)C(=O)OC. The van der Waals surface area contributed by atoms with Gasteiger partial charge < -0.3 is 9.47 Å². The summed E-state index contributed by atoms with van der Waals surface area (Å²) < 4.78 is 8.74. The van der Waals surface area contributed by atoms with E-state index in [0.717, 1.165) is 0 Å². The Hall–Kier alpha value is -1.03. The van der Waals surface area contributed by atoms with Crippen LogP contribution in [0.5, 0.6) is 0 Å². The summed E-state index contributed by atoms with van der Waals surface area (Å²) in [6.07, 6.45) is 0.0287. The normalized spacial score (nSPS) is 11.6. The van der Waals surface area contributed by atoms with Gasteiger partial charge in [0.15, 0.2) is 0 Å². The Morgan fingerprint density at radius 3 is 2.31 bits per heavy atom. The van der Waals surface area contributed by atoms with E-state index in [2.05, 4.69) is 16.1 Å². The summed E-state index contributed by atoms with van der Waals surface area (Å²) in [4.78, 5) is 21.6. The first-order valence-corrected chi connectivity index (χ1v) is 3.94. The van der Waals surface area contributed by atoms with Crippen molar-refractivity contribution in [1.82, 2.24) is 0 Å². The fourth-order valence-electron chi connectivity index (χ4n) is 0.655. The first-order chi connectivity index (χ1) is 6.02. The van der Waals surface area contributed by atoms with Crippen LogP contribution >= 0.6 is 11.6 Å². The molecule has 0 aliphatic heterocycles. The minimum atomic E-state index is -0.892. The van der Waals surface area contributed by atoms with E-state index in [1.165, 1.54) is 14.2 Å². The molecule has 0 fully saturated rings. The average molecular weight is 207 g/mol. The van der Waals surface area contributed by atoms with E-state index >= 15 is 0 Å². The van der Waals surface area contributed by atoms with Gasteiger partial charge in [-0.3, -0.25) is 4.79 Å². The molecule has 4 nitrogen and oxygen atoms in total. The lowest BCUT2D eigenvalue weighted by Gasteiger charge is -2.07. The van der Waals surface area contributed by atoms with Crippen LogP contribution in [0.3, 0.4) is 0 Å². The molecular formula is C8H11ClO4. The number of hydrogen-bond acceptors (Lipinski definition) is 4. The number of carbonyl (C=O) groups is 2. The molecular weight excluding hydrogens is 196 g/mol. The molecule has 0 aromatic carbocycles. The van der Waals surface area contributed by atoms with Gasteiger partial charge in [0.25, 0.3) is 0 Å². The number of alkyl halides is 1. The Balaban J connectivity index is 4.06. The zero-order chi connectivity index (χ0) is 10.4. The van der Waals surface area contributed by atoms with Gasteiger partial charge >= 0.3 is 11.9 Å². The predicted molar refractivity (Wildman–Crippen MR) is 47.4 cm³/mol. The summed E-state index contributed by atoms with van der Waals surface area (Å²) in [6, 6.07) is 0. The maximum atomic E-state index is 10.8. The lowest BCUT2D eigenvalue weighted by Crippen LogP contribution is -2.19. The zero-order valence-electron chi connectivity index (χ0n) is 7.50. The quantitative estimate of drug-likeness (QED) is 0.389. The van der Waals surface area contributed by atoms with Gasteiger partial charge in [-0.2, -0.15) is 0 Å². The number of hydrogen-bond donors (Lipinski definition) is 0. The molecule has 5 heteroatoms. The number of rotatable bonds is 4. The molecule has 13 heavy (non-hydrogen) atoms. The molecule has 0 N–H and O–H groups in total. The zero-order valence-corrected chi connectivity index (χ0v) is 8.26. The summed E-state index contributed by atoms with van der Waals surface area (Å²) in [5.74, 6) is -1.17. The highest BCUT2D eigenvalue weighted by Gasteiger charge is 2.19. The van der Waals surface area contributed by atoms with Crippen molar-refractivity contribution in [2.45, 2.75) is 11.8 Å². The fourth-order valence-corrected chi connectivity index (χ4v) is 0.931. The van der Waals surface area contributed by atoms with Crippen LogP contribution in [0.1, 0.15) is 6.42 Å². The second-order valence-electron chi connectivity index (χ2n) is 2.29. The van der Waals surface area contributed by atoms with Crippen molar-refractivity contribution in [1.29, 1.82) is 0 Å². The third kappa shape index (κ3) is 3.94. The molecule has 0 heterocycles. The van der Waals surface area contributed by atoms with Gasteiger partial charge in [0.2, 0.25) is 0 Å². The topological polar surface area (TPSA) is 52.6 Å². The van der Waals surface area contributed by atoms with Crippen LogP contribution in [-0.2, 0) is 19.1 Å². The van der Waals surface area contributed by atoms with Gasteiger partial charge in [-0.15, -0.1) is 11.6 Å². The number of esters is 2. The maximum Gasteiger partial charge on any atom is 0.333 e. The maximum absolute atomic E-state index is 10.8. The van der Waals surface area contributed by atoms with Crippen molar-refractivity contribution in [3.8, 4) is 0 Å². The summed E-state index contributed by atoms with van der Waals surface area (Å²) in [7, 11) is 2.45. The molecule has 1 unspecified atom stereocenters. The molecule has 0 aliphatic rings. The fraction of sp³-hybridized carbons (Fsp3) is 0.500. The van der Waals surface area contributed by atoms with Gasteiger partial charge in [0.1, 0.15) is 5.38 Å². The van der Waals surface area contributed by atoms with Gasteiger partial charge in [-0.1, -0.05) is 6.58 Å². The molecule has 0 aromatic heterocycles. The Morgan fingerprint density at radius 1 is 1.38 bits per heavy atom. The number of carbonyl (C=O) groups excluding carboxylic acids is 2. The monoisotopic (exact) mass is 206 g/mol. The Labute approximate surface area is 81.5 Å². The first kappa shape index (κ1) is 12.0. The van der Waals surface area contributed by atoms with Gasteiger partial charge in [0, 0.05) is 12.0 Å². The average Bonchev–Trinajstić information content (AvgIpc) is 2.14. The number of methoxy groups -OCH3 is 2. The lowest BCUT2D eigenvalue weighted by molar-refractivity contribution is -0.140. The molecule has 0 radical (unpaired) electrons. The van der Waals surface area contributed by atoms with E-state index < -0.39 is 17.3 Å². The van der Waals surface area contributed by atoms with Crippen LogP contribution in [0.25, 0.3) is 0 Å². The molecule has 0 saturated carbocycles. The van der Waals surface area contributed by atoms with Crippen LogP contribution in [0.4, 0.5) is 0 Å². The molecule has 0 bridgehead atoms. The van der Waals surface area contributed by atoms with Crippen molar-refractivity contribution in [2.24, 2.45) is 0 Å². The van der Waals surface area contributed by atoms with Crippen LogP contribution < -0.4 is 0 Å². The second-order valence-corrected chi connectivity index (χ2v) is 2.82. The standard InChI is InChI=1S/C8H11ClO4/c1-5(7(10)12-2)4-6(9)8(11)13-3/h6H,1,4H2,2-3H3. The molecule has 0 aromatic rings. The minimum absolute atomic E-state index is 0.0287. The van der Waals surface area contributed by atoms with E-state index in [0.29, 0.717) is 0 Å². The minimum Gasteiger partial charge on any atom is -0.468 e. The van der Waals surface area contributed by atoms with Crippen LogP contribution in [0, 0.1) is 0 Å². The van der Waals surface area contributed by atoms with Crippen molar-refractivity contribution in [2.75, 3.05) is 14.2 Å². The summed E-state index contributed by atoms with van der Waals surface area (Å²) in [6.45, 7) is 3.42. The second kappa shape index (κ2) is 5.59. The summed E-state index contributed by atoms with van der Waals surface area (Å²) >= 11 is 5.58. The van der Waals surface area contributed by atoms with Gasteiger partial charge in [0.05, 0.1) is 14.2 Å². The summed E-state index contributed by atoms with van der Waals surface area (Å²) in [5, 5.41) is -0.892. The highest BCUT2D eigenvalue weighted by molar-refractivity contribution is 6.30. The van der Waals surface area contributed by atoms with Crippen LogP contribution in [-0.4, -0.2) is 31.5 Å². The highest BCUT2D eigenvalue weighted by Crippen LogP contribution is 2.11. The Bertz CT molecular complexity index is 224. The highest BCUT2D eigenvalue weighted by atomic mass is 35.5. The van der Waals surface area contributed by atoms with Gasteiger partial charge in [-0.25, -0.2) is 4.79 Å². The van der Waals surface area contributed by atoms with Crippen molar-refractivity contribution < 1.29 is 19.1 Å². The molecule has 0 spiro atoms. The predicted octanol–water partition coefficient (Wildman–Crippen LogP) is 0.886. The molecule has 74 valence electrons. The lowest BCUT2D eigenvalue weighted by atomic mass is 10.1. The van der Waals surface area contributed by atoms with Gasteiger partial charge in [-0.05, 0) is 0 Å². The van der Waals surface area contributed by atoms with Crippen molar-refractivity contribution >= 4 is 23.5 Å². The summed E-state index contributed by atoms with van der Waals surface area (Å²) in [5.41, 5.74) is 0.146. The van der Waals surface area contributed by atoms with Crippen LogP contribution in [0.2, 0.25) is 0 Å². The van der Waals surface area contributed by atoms with Crippen molar-refractivity contribution in [3.05, 3.63) is 12.2 Å². The number of ether oxygens (including phenoxy) is 2. The van der Waals surface area contributed by atoms with Crippen molar-refractivity contribution in [3.63, 3.8) is 0 Å². The molecule has 0 aliphatic carbocycles. The van der Waals surface area contributed by atoms with E-state index in [9.17, 15) is 9.59 Å². The molecule has 0 amide bonds. The molecule has 0 rings (SSSR count). The van der Waals surface area contributed by atoms with E-state index in [1.807, 2.05) is 0 Å². The van der Waals surface area contributed by atoms with E-state index in [-0.39, 0.29) is 12.0 Å². The third-order valence-electron chi connectivity index (χ3n) is 1.36. The van der Waals surface area contributed by atoms with Crippen LogP contribution in [0.15, 0.2) is 12.2 Å². The number of halogens is 1. The Morgan fingerprint density at radius 2 is 1.92 bits per heavy atom.